The molecule has 1 aromatic carbocycles. The summed E-state index contributed by atoms with van der Waals surface area (Å²) in [5, 5.41) is 6.79. The van der Waals surface area contributed by atoms with Gasteiger partial charge in [-0.05, 0) is 50.6 Å². The first-order chi connectivity index (χ1) is 11.7. The van der Waals surface area contributed by atoms with E-state index in [1.807, 2.05) is 0 Å². The average molecular weight is 332 g/mol. The van der Waals surface area contributed by atoms with E-state index in [-0.39, 0.29) is 0 Å². The minimum atomic E-state index is 0.701. The lowest BCUT2D eigenvalue weighted by Crippen LogP contribution is -2.42. The van der Waals surface area contributed by atoms with Crippen LogP contribution in [0.3, 0.4) is 0 Å². The van der Waals surface area contributed by atoms with E-state index in [0.29, 0.717) is 6.54 Å². The Labute approximate surface area is 147 Å². The maximum Gasteiger partial charge on any atom is 0.191 e. The Kier molecular flexibility index (Phi) is 7.89. The SMILES string of the molecule is CCNC(=NCc1ccc(N(C)C)cc1)NCCN1CCCCC1. The van der Waals surface area contributed by atoms with Crippen LogP contribution in [0.25, 0.3) is 0 Å². The number of likely N-dealkylation sites (tertiary alicyclic amines) is 1. The molecular weight excluding hydrogens is 298 g/mol. The number of hydrogen-bond acceptors (Lipinski definition) is 3. The van der Waals surface area contributed by atoms with Gasteiger partial charge in [-0.25, -0.2) is 4.99 Å². The molecule has 0 spiro atoms. The summed E-state index contributed by atoms with van der Waals surface area (Å²) >= 11 is 0. The predicted octanol–water partition coefficient (Wildman–Crippen LogP) is 2.29. The Morgan fingerprint density at radius 3 is 2.42 bits per heavy atom. The fourth-order valence-corrected chi connectivity index (χ4v) is 2.93. The second-order valence-corrected chi connectivity index (χ2v) is 6.59. The molecule has 1 heterocycles. The molecule has 0 saturated carbocycles. The third-order valence-corrected chi connectivity index (χ3v) is 4.39. The van der Waals surface area contributed by atoms with Gasteiger partial charge in [0.1, 0.15) is 0 Å². The summed E-state index contributed by atoms with van der Waals surface area (Å²) in [5.74, 6) is 0.909. The van der Waals surface area contributed by atoms with Gasteiger partial charge < -0.3 is 20.4 Å². The molecule has 0 unspecified atom stereocenters. The first-order valence-electron chi connectivity index (χ1n) is 9.20. The zero-order valence-corrected chi connectivity index (χ0v) is 15.5. The van der Waals surface area contributed by atoms with Crippen molar-refractivity contribution in [1.29, 1.82) is 0 Å². The van der Waals surface area contributed by atoms with Gasteiger partial charge >= 0.3 is 0 Å². The summed E-state index contributed by atoms with van der Waals surface area (Å²) < 4.78 is 0. The summed E-state index contributed by atoms with van der Waals surface area (Å²) in [6.45, 7) is 8.23. The van der Waals surface area contributed by atoms with Crippen LogP contribution in [-0.2, 0) is 6.54 Å². The molecule has 1 aliphatic rings. The molecule has 0 radical (unpaired) electrons. The number of nitrogens with one attached hydrogen (secondary N) is 2. The minimum Gasteiger partial charge on any atom is -0.378 e. The number of hydrogen-bond donors (Lipinski definition) is 2. The van der Waals surface area contributed by atoms with E-state index in [0.717, 1.165) is 25.6 Å². The molecule has 1 saturated heterocycles. The van der Waals surface area contributed by atoms with Crippen LogP contribution in [0.15, 0.2) is 29.3 Å². The molecule has 0 amide bonds. The monoisotopic (exact) mass is 331 g/mol. The zero-order chi connectivity index (χ0) is 17.2. The van der Waals surface area contributed by atoms with Crippen molar-refractivity contribution in [2.75, 3.05) is 51.7 Å². The van der Waals surface area contributed by atoms with Crippen LogP contribution in [0.1, 0.15) is 31.7 Å². The summed E-state index contributed by atoms with van der Waals surface area (Å²) in [6, 6.07) is 8.58. The van der Waals surface area contributed by atoms with E-state index in [4.69, 9.17) is 4.99 Å². The van der Waals surface area contributed by atoms with Crippen LogP contribution in [-0.4, -0.2) is 57.7 Å². The lowest BCUT2D eigenvalue weighted by atomic mass is 10.1. The Morgan fingerprint density at radius 1 is 1.08 bits per heavy atom. The number of guanidine groups is 1. The highest BCUT2D eigenvalue weighted by molar-refractivity contribution is 5.79. The van der Waals surface area contributed by atoms with E-state index >= 15 is 0 Å². The van der Waals surface area contributed by atoms with Crippen molar-refractivity contribution >= 4 is 11.6 Å². The smallest absolute Gasteiger partial charge is 0.191 e. The van der Waals surface area contributed by atoms with Gasteiger partial charge in [-0.2, -0.15) is 0 Å². The highest BCUT2D eigenvalue weighted by Crippen LogP contribution is 2.12. The Morgan fingerprint density at radius 2 is 1.79 bits per heavy atom. The third kappa shape index (κ3) is 6.40. The van der Waals surface area contributed by atoms with E-state index in [2.05, 4.69) is 65.7 Å². The number of anilines is 1. The van der Waals surface area contributed by atoms with Gasteiger partial charge in [0.2, 0.25) is 0 Å². The van der Waals surface area contributed by atoms with Crippen molar-refractivity contribution in [1.82, 2.24) is 15.5 Å². The van der Waals surface area contributed by atoms with Crippen molar-refractivity contribution in [2.45, 2.75) is 32.7 Å². The van der Waals surface area contributed by atoms with Gasteiger partial charge in [0, 0.05) is 39.4 Å². The fraction of sp³-hybridized carbons (Fsp3) is 0.632. The second kappa shape index (κ2) is 10.2. The lowest BCUT2D eigenvalue weighted by molar-refractivity contribution is 0.232. The quantitative estimate of drug-likeness (QED) is 0.594. The second-order valence-electron chi connectivity index (χ2n) is 6.59. The summed E-state index contributed by atoms with van der Waals surface area (Å²) in [6.07, 6.45) is 4.08. The number of benzene rings is 1. The molecule has 0 aliphatic carbocycles. The van der Waals surface area contributed by atoms with Crippen LogP contribution in [0.4, 0.5) is 5.69 Å². The number of rotatable bonds is 7. The van der Waals surface area contributed by atoms with E-state index in [9.17, 15) is 0 Å². The summed E-state index contributed by atoms with van der Waals surface area (Å²) in [5.41, 5.74) is 2.45. The van der Waals surface area contributed by atoms with Crippen molar-refractivity contribution in [2.24, 2.45) is 4.99 Å². The van der Waals surface area contributed by atoms with Crippen LogP contribution >= 0.6 is 0 Å². The van der Waals surface area contributed by atoms with Crippen LogP contribution < -0.4 is 15.5 Å². The Bertz CT molecular complexity index is 489. The maximum atomic E-state index is 4.70. The van der Waals surface area contributed by atoms with E-state index in [1.54, 1.807) is 0 Å². The molecule has 134 valence electrons. The van der Waals surface area contributed by atoms with Gasteiger partial charge in [0.05, 0.1) is 6.54 Å². The first kappa shape index (κ1) is 18.6. The number of aliphatic imine (C=N–C) groups is 1. The molecule has 5 heteroatoms. The van der Waals surface area contributed by atoms with Gasteiger partial charge in [-0.3, -0.25) is 0 Å². The number of piperidine rings is 1. The van der Waals surface area contributed by atoms with Crippen molar-refractivity contribution in [3.05, 3.63) is 29.8 Å². The molecule has 0 atom stereocenters. The van der Waals surface area contributed by atoms with Crippen molar-refractivity contribution in [3.8, 4) is 0 Å². The standard InChI is InChI=1S/C19H33N5/c1-4-20-19(21-12-15-24-13-6-5-7-14-24)22-16-17-8-10-18(11-9-17)23(2)3/h8-11H,4-7,12-16H2,1-3H3,(H2,20,21,22). The van der Waals surface area contributed by atoms with Crippen LogP contribution in [0.5, 0.6) is 0 Å². The normalized spacial score (nSPS) is 16.0. The van der Waals surface area contributed by atoms with Crippen LogP contribution in [0, 0.1) is 0 Å². The maximum absolute atomic E-state index is 4.70. The molecule has 1 aromatic rings. The van der Waals surface area contributed by atoms with Gasteiger partial charge in [0.15, 0.2) is 5.96 Å². The third-order valence-electron chi connectivity index (χ3n) is 4.39. The molecule has 2 rings (SSSR count). The molecule has 24 heavy (non-hydrogen) atoms. The summed E-state index contributed by atoms with van der Waals surface area (Å²) in [7, 11) is 4.12. The van der Waals surface area contributed by atoms with Crippen molar-refractivity contribution in [3.63, 3.8) is 0 Å². The van der Waals surface area contributed by atoms with Crippen LogP contribution in [0.2, 0.25) is 0 Å². The molecule has 1 aliphatic heterocycles. The van der Waals surface area contributed by atoms with E-state index < -0.39 is 0 Å². The minimum absolute atomic E-state index is 0.701. The largest absolute Gasteiger partial charge is 0.378 e. The zero-order valence-electron chi connectivity index (χ0n) is 15.5. The number of nitrogens with zero attached hydrogens (tertiary/aromatic N) is 3. The molecule has 0 aromatic heterocycles. The molecular formula is C19H33N5. The Balaban J connectivity index is 1.80. The molecule has 2 N–H and O–H groups in total. The predicted molar refractivity (Wildman–Crippen MR) is 104 cm³/mol. The van der Waals surface area contributed by atoms with Gasteiger partial charge in [-0.1, -0.05) is 18.6 Å². The van der Waals surface area contributed by atoms with Crippen molar-refractivity contribution < 1.29 is 0 Å². The molecule has 5 nitrogen and oxygen atoms in total. The molecule has 0 bridgehead atoms. The molecule has 1 fully saturated rings. The Hall–Kier alpha value is -1.75. The topological polar surface area (TPSA) is 42.9 Å². The highest BCUT2D eigenvalue weighted by Gasteiger charge is 2.09. The average Bonchev–Trinajstić information content (AvgIpc) is 2.61. The highest BCUT2D eigenvalue weighted by atomic mass is 15.2. The van der Waals surface area contributed by atoms with Gasteiger partial charge in [-0.15, -0.1) is 0 Å². The van der Waals surface area contributed by atoms with Gasteiger partial charge in [0.25, 0.3) is 0 Å². The fourth-order valence-electron chi connectivity index (χ4n) is 2.93. The van der Waals surface area contributed by atoms with E-state index in [1.165, 1.54) is 43.6 Å². The summed E-state index contributed by atoms with van der Waals surface area (Å²) in [4.78, 5) is 9.36. The first-order valence-corrected chi connectivity index (χ1v) is 9.20. The lowest BCUT2D eigenvalue weighted by Gasteiger charge is -2.26.